The second-order valence-corrected chi connectivity index (χ2v) is 13.5. The normalized spacial score (nSPS) is 58.0. The predicted octanol–water partition coefficient (Wildman–Crippen LogP) is 6.31. The second-order valence-electron chi connectivity index (χ2n) is 13.5. The Balaban J connectivity index is 1.30. The fourth-order valence-corrected chi connectivity index (χ4v) is 10.1. The van der Waals surface area contributed by atoms with Gasteiger partial charge in [-0.2, -0.15) is 0 Å². The molecule has 2 aliphatic heterocycles. The quantitative estimate of drug-likeness (QED) is 0.421. The summed E-state index contributed by atoms with van der Waals surface area (Å²) in [6, 6.07) is 0. The molecule has 4 unspecified atom stereocenters. The fraction of sp³-hybridized carbons (Fsp3) is 0.929. The smallest absolute Gasteiger partial charge is 0.130 e. The van der Waals surface area contributed by atoms with Crippen LogP contribution in [0.4, 0.5) is 0 Å². The third-order valence-electron chi connectivity index (χ3n) is 11.8. The molecule has 2 heterocycles. The number of hydrogen-bond acceptors (Lipinski definition) is 3. The maximum absolute atomic E-state index is 10.4. The van der Waals surface area contributed by atoms with Crippen LogP contribution in [-0.2, 0) is 9.78 Å². The second kappa shape index (κ2) is 6.60. The van der Waals surface area contributed by atoms with E-state index < -0.39 is 5.60 Å². The van der Waals surface area contributed by atoms with Crippen LogP contribution < -0.4 is 0 Å². The summed E-state index contributed by atoms with van der Waals surface area (Å²) in [7, 11) is 0. The molecular formula is C28H44O3. The molecular weight excluding hydrogens is 384 g/mol. The van der Waals surface area contributed by atoms with Crippen molar-refractivity contribution in [2.24, 2.45) is 52.3 Å². The Hall–Kier alpha value is -0.380. The molecule has 31 heavy (non-hydrogen) atoms. The van der Waals surface area contributed by atoms with Crippen molar-refractivity contribution < 1.29 is 14.9 Å². The molecule has 1 N–H and O–H groups in total. The summed E-state index contributed by atoms with van der Waals surface area (Å²) in [5.41, 5.74) is -0.227. The molecule has 7 aliphatic rings. The maximum atomic E-state index is 10.4. The highest BCUT2D eigenvalue weighted by molar-refractivity contribution is 5.33. The summed E-state index contributed by atoms with van der Waals surface area (Å²) < 4.78 is 0. The predicted molar refractivity (Wildman–Crippen MR) is 122 cm³/mol. The van der Waals surface area contributed by atoms with Gasteiger partial charge in [0.2, 0.25) is 0 Å². The molecule has 1 saturated heterocycles. The van der Waals surface area contributed by atoms with E-state index in [1.54, 1.807) is 0 Å². The van der Waals surface area contributed by atoms with Crippen molar-refractivity contribution in [1.29, 1.82) is 0 Å². The van der Waals surface area contributed by atoms with Gasteiger partial charge in [0.15, 0.2) is 0 Å². The van der Waals surface area contributed by atoms with Crippen molar-refractivity contribution in [1.82, 2.24) is 0 Å². The zero-order chi connectivity index (χ0) is 21.8. The number of fused-ring (bicyclic) bond motifs is 2. The van der Waals surface area contributed by atoms with Crippen molar-refractivity contribution in [2.45, 2.75) is 110 Å². The number of rotatable bonds is 4. The molecule has 0 amide bonds. The molecule has 2 bridgehead atoms. The van der Waals surface area contributed by atoms with E-state index in [0.717, 1.165) is 42.4 Å². The average molecular weight is 429 g/mol. The standard InChI is InChI=1S/C28H44O3/c1-17(2)14-19-15-21(19)18(3)22-6-7-23-25(22,4)10-9-24-26(5)11-8-20(29)16-27(26)12-13-28(23,24)31-30-27/h12-13,17-24,29H,6-11,14-16H2,1-5H3/t18-,19+,20+,21?,22?,23?,24?,25-,26-,27-,28+/m1/s1. The first kappa shape index (κ1) is 21.2. The van der Waals surface area contributed by atoms with Crippen LogP contribution in [0.3, 0.4) is 0 Å². The zero-order valence-corrected chi connectivity index (χ0v) is 20.4. The summed E-state index contributed by atoms with van der Waals surface area (Å²) in [4.78, 5) is 12.8. The van der Waals surface area contributed by atoms with Crippen LogP contribution >= 0.6 is 0 Å². The fourth-order valence-electron chi connectivity index (χ4n) is 10.1. The van der Waals surface area contributed by atoms with Crippen LogP contribution in [0.15, 0.2) is 12.2 Å². The minimum absolute atomic E-state index is 0.0864. The van der Waals surface area contributed by atoms with Gasteiger partial charge >= 0.3 is 0 Å². The van der Waals surface area contributed by atoms with Gasteiger partial charge in [-0.05, 0) is 92.4 Å². The van der Waals surface area contributed by atoms with E-state index in [1.807, 2.05) is 0 Å². The molecule has 4 saturated carbocycles. The summed E-state index contributed by atoms with van der Waals surface area (Å²) >= 11 is 0. The van der Waals surface area contributed by atoms with Gasteiger partial charge in [0.1, 0.15) is 11.2 Å². The Morgan fingerprint density at radius 3 is 2.48 bits per heavy atom. The van der Waals surface area contributed by atoms with E-state index in [0.29, 0.717) is 23.7 Å². The van der Waals surface area contributed by atoms with E-state index in [2.05, 4.69) is 46.8 Å². The van der Waals surface area contributed by atoms with Crippen molar-refractivity contribution in [3.8, 4) is 0 Å². The SMILES string of the molecule is CC(C)C[C@H]1CC1[C@@H](C)C1CCC2[C@]1(C)CCC1[C@]23C=C[C@]2(C[C@@H](O)CC[C@]12C)OO3. The Labute approximate surface area is 189 Å². The van der Waals surface area contributed by atoms with E-state index in [-0.39, 0.29) is 17.1 Å². The molecule has 11 atom stereocenters. The van der Waals surface area contributed by atoms with Gasteiger partial charge in [0.25, 0.3) is 0 Å². The molecule has 3 heteroatoms. The van der Waals surface area contributed by atoms with Crippen LogP contribution in [0, 0.1) is 52.3 Å². The Morgan fingerprint density at radius 2 is 1.77 bits per heavy atom. The monoisotopic (exact) mass is 428 g/mol. The van der Waals surface area contributed by atoms with E-state index >= 15 is 0 Å². The minimum Gasteiger partial charge on any atom is -0.393 e. The number of hydrogen-bond donors (Lipinski definition) is 1. The van der Waals surface area contributed by atoms with Crippen molar-refractivity contribution in [3.05, 3.63) is 12.2 Å². The first-order valence-electron chi connectivity index (χ1n) is 13.4. The lowest BCUT2D eigenvalue weighted by atomic mass is 9.42. The third-order valence-corrected chi connectivity index (χ3v) is 11.8. The number of aliphatic hydroxyl groups excluding tert-OH is 1. The molecule has 3 nitrogen and oxygen atoms in total. The first-order valence-corrected chi connectivity index (χ1v) is 13.4. The van der Waals surface area contributed by atoms with Gasteiger partial charge in [-0.3, -0.25) is 0 Å². The van der Waals surface area contributed by atoms with Gasteiger partial charge in [-0.15, -0.1) is 0 Å². The van der Waals surface area contributed by atoms with E-state index in [4.69, 9.17) is 9.78 Å². The molecule has 0 aromatic carbocycles. The lowest BCUT2D eigenvalue weighted by Gasteiger charge is -2.69. The largest absolute Gasteiger partial charge is 0.393 e. The maximum Gasteiger partial charge on any atom is 0.130 e. The topological polar surface area (TPSA) is 38.7 Å². The van der Waals surface area contributed by atoms with E-state index in [9.17, 15) is 5.11 Å². The average Bonchev–Trinajstić information content (AvgIpc) is 3.37. The molecule has 0 radical (unpaired) electrons. The highest BCUT2D eigenvalue weighted by Crippen LogP contribution is 2.73. The molecule has 7 rings (SSSR count). The Kier molecular flexibility index (Phi) is 4.51. The molecule has 174 valence electrons. The minimum atomic E-state index is -0.422. The summed E-state index contributed by atoms with van der Waals surface area (Å²) in [6.07, 6.45) is 15.2. The Bertz CT molecular complexity index is 776. The molecule has 5 aliphatic carbocycles. The van der Waals surface area contributed by atoms with Gasteiger partial charge in [-0.25, -0.2) is 9.78 Å². The highest BCUT2D eigenvalue weighted by atomic mass is 17.2. The molecule has 0 aromatic rings. The zero-order valence-electron chi connectivity index (χ0n) is 20.4. The van der Waals surface area contributed by atoms with Crippen LogP contribution in [0.5, 0.6) is 0 Å². The Morgan fingerprint density at radius 1 is 0.968 bits per heavy atom. The van der Waals surface area contributed by atoms with Gasteiger partial charge in [0, 0.05) is 23.7 Å². The van der Waals surface area contributed by atoms with Crippen LogP contribution in [0.2, 0.25) is 0 Å². The first-order chi connectivity index (χ1) is 14.7. The molecule has 2 spiro atoms. The lowest BCUT2D eigenvalue weighted by Crippen LogP contribution is -2.73. The van der Waals surface area contributed by atoms with Crippen LogP contribution in [-0.4, -0.2) is 22.4 Å². The van der Waals surface area contributed by atoms with Crippen LogP contribution in [0.25, 0.3) is 0 Å². The molecule has 0 aromatic heterocycles. The van der Waals surface area contributed by atoms with E-state index in [1.165, 1.54) is 38.5 Å². The van der Waals surface area contributed by atoms with Gasteiger partial charge < -0.3 is 5.11 Å². The highest BCUT2D eigenvalue weighted by Gasteiger charge is 2.74. The van der Waals surface area contributed by atoms with Crippen molar-refractivity contribution in [2.75, 3.05) is 0 Å². The summed E-state index contributed by atoms with van der Waals surface area (Å²) in [5.74, 6) is 5.50. The number of aliphatic hydroxyl groups is 1. The molecule has 5 fully saturated rings. The van der Waals surface area contributed by atoms with Crippen LogP contribution in [0.1, 0.15) is 92.4 Å². The van der Waals surface area contributed by atoms with Crippen molar-refractivity contribution in [3.63, 3.8) is 0 Å². The van der Waals surface area contributed by atoms with Gasteiger partial charge in [0.05, 0.1) is 6.10 Å². The van der Waals surface area contributed by atoms with Gasteiger partial charge in [-0.1, -0.05) is 40.7 Å². The summed E-state index contributed by atoms with van der Waals surface area (Å²) in [6.45, 7) is 12.4. The lowest BCUT2D eigenvalue weighted by molar-refractivity contribution is -0.497. The third kappa shape index (κ3) is 2.63. The summed E-state index contributed by atoms with van der Waals surface area (Å²) in [5, 5.41) is 10.4. The van der Waals surface area contributed by atoms with Crippen molar-refractivity contribution >= 4 is 0 Å².